The standard InChI is InChI=1S/C34H28Cl2N4O4/c1-22-9-13-24-6-5-7-29(34(24)38-22)44-21-26-27(35)16-17-28(33(26)36)39(2)32(43)20-37-30(41)18-12-23-10-14-25(15-11-23)40-19-4-3-8-31(40)42/h3-19H,20-21H2,1-2H3,(H,37,41). The average Bonchev–Trinajstić information content (AvgIpc) is 3.03. The average molecular weight is 628 g/mol. The summed E-state index contributed by atoms with van der Waals surface area (Å²) in [7, 11) is 1.57. The van der Waals surface area contributed by atoms with Crippen molar-refractivity contribution in [2.45, 2.75) is 13.5 Å². The summed E-state index contributed by atoms with van der Waals surface area (Å²) < 4.78 is 7.60. The summed E-state index contributed by atoms with van der Waals surface area (Å²) in [6.07, 6.45) is 4.65. The van der Waals surface area contributed by atoms with Crippen molar-refractivity contribution in [3.05, 3.63) is 134 Å². The lowest BCUT2D eigenvalue weighted by Crippen LogP contribution is -2.37. The van der Waals surface area contributed by atoms with Crippen molar-refractivity contribution in [3.63, 3.8) is 0 Å². The Labute approximate surface area is 264 Å². The Bertz CT molecular complexity index is 1940. The van der Waals surface area contributed by atoms with Crippen LogP contribution in [0.4, 0.5) is 5.69 Å². The largest absolute Gasteiger partial charge is 0.487 e. The van der Waals surface area contributed by atoms with Gasteiger partial charge in [-0.25, -0.2) is 4.98 Å². The second-order valence-corrected chi connectivity index (χ2v) is 10.7. The summed E-state index contributed by atoms with van der Waals surface area (Å²) in [5.74, 6) is -0.230. The maximum Gasteiger partial charge on any atom is 0.255 e. The molecule has 44 heavy (non-hydrogen) atoms. The quantitative estimate of drug-likeness (QED) is 0.192. The van der Waals surface area contributed by atoms with Gasteiger partial charge in [-0.3, -0.25) is 19.0 Å². The van der Waals surface area contributed by atoms with Gasteiger partial charge in [-0.05, 0) is 61.0 Å². The number of rotatable bonds is 9. The number of carbonyl (C=O) groups excluding carboxylic acids is 2. The maximum absolute atomic E-state index is 13.0. The lowest BCUT2D eigenvalue weighted by molar-refractivity contribution is -0.122. The number of carbonyl (C=O) groups is 2. The van der Waals surface area contributed by atoms with Crippen LogP contribution < -0.4 is 20.5 Å². The number of nitrogens with zero attached hydrogens (tertiary/aromatic N) is 3. The van der Waals surface area contributed by atoms with Gasteiger partial charge in [0.1, 0.15) is 17.9 Å². The first-order valence-electron chi connectivity index (χ1n) is 13.7. The minimum absolute atomic E-state index is 0.0624. The lowest BCUT2D eigenvalue weighted by atomic mass is 10.1. The molecule has 0 atom stereocenters. The number of likely N-dealkylation sites (N-methyl/N-ethyl adjacent to an activating group) is 1. The first kappa shape index (κ1) is 30.5. The van der Waals surface area contributed by atoms with Gasteiger partial charge in [0.15, 0.2) is 0 Å². The number of pyridine rings is 2. The Balaban J connectivity index is 1.20. The van der Waals surface area contributed by atoms with Crippen LogP contribution in [0.25, 0.3) is 22.7 Å². The summed E-state index contributed by atoms with van der Waals surface area (Å²) in [6, 6.07) is 25.0. The molecule has 2 heterocycles. The molecule has 0 aliphatic carbocycles. The molecule has 0 bridgehead atoms. The fraction of sp³-hybridized carbons (Fsp3) is 0.118. The van der Waals surface area contributed by atoms with E-state index in [2.05, 4.69) is 10.3 Å². The number of aryl methyl sites for hydroxylation is 1. The van der Waals surface area contributed by atoms with Crippen LogP contribution in [0, 0.1) is 6.92 Å². The van der Waals surface area contributed by atoms with Gasteiger partial charge in [0, 0.05) is 52.7 Å². The molecule has 0 unspecified atom stereocenters. The molecule has 0 aliphatic rings. The number of hydrogen-bond acceptors (Lipinski definition) is 5. The highest BCUT2D eigenvalue weighted by Crippen LogP contribution is 2.35. The molecule has 10 heteroatoms. The number of fused-ring (bicyclic) bond motifs is 1. The third-order valence-electron chi connectivity index (χ3n) is 6.93. The Hall–Kier alpha value is -4.92. The van der Waals surface area contributed by atoms with Gasteiger partial charge in [-0.2, -0.15) is 0 Å². The van der Waals surface area contributed by atoms with Gasteiger partial charge in [-0.1, -0.05) is 59.6 Å². The Morgan fingerprint density at radius 1 is 0.977 bits per heavy atom. The van der Waals surface area contributed by atoms with E-state index in [9.17, 15) is 14.4 Å². The van der Waals surface area contributed by atoms with Crippen molar-refractivity contribution >= 4 is 57.7 Å². The van der Waals surface area contributed by atoms with Gasteiger partial charge in [0.05, 0.1) is 17.3 Å². The molecule has 2 amide bonds. The molecule has 3 aromatic carbocycles. The molecule has 222 valence electrons. The van der Waals surface area contributed by atoms with Crippen LogP contribution in [0.2, 0.25) is 10.0 Å². The molecule has 0 saturated carbocycles. The fourth-order valence-corrected chi connectivity index (χ4v) is 5.10. The Kier molecular flexibility index (Phi) is 9.43. The highest BCUT2D eigenvalue weighted by Gasteiger charge is 2.19. The van der Waals surface area contributed by atoms with Crippen LogP contribution in [-0.2, 0) is 16.2 Å². The molecular weight excluding hydrogens is 599 g/mol. The molecule has 5 rings (SSSR count). The third kappa shape index (κ3) is 6.99. The first-order chi connectivity index (χ1) is 21.2. The van der Waals surface area contributed by atoms with Crippen LogP contribution in [0.3, 0.4) is 0 Å². The van der Waals surface area contributed by atoms with Crippen molar-refractivity contribution in [2.24, 2.45) is 0 Å². The van der Waals surface area contributed by atoms with Crippen molar-refractivity contribution in [3.8, 4) is 11.4 Å². The zero-order valence-electron chi connectivity index (χ0n) is 24.0. The Morgan fingerprint density at radius 2 is 1.77 bits per heavy atom. The van der Waals surface area contributed by atoms with E-state index in [0.717, 1.165) is 22.2 Å². The minimum atomic E-state index is -0.440. The van der Waals surface area contributed by atoms with Crippen molar-refractivity contribution in [1.82, 2.24) is 14.9 Å². The predicted molar refractivity (Wildman–Crippen MR) is 175 cm³/mol. The predicted octanol–water partition coefficient (Wildman–Crippen LogP) is 6.37. The summed E-state index contributed by atoms with van der Waals surface area (Å²) in [6.45, 7) is 1.73. The highest BCUT2D eigenvalue weighted by molar-refractivity contribution is 6.38. The van der Waals surface area contributed by atoms with Crippen LogP contribution in [-0.4, -0.2) is 35.0 Å². The molecule has 0 fully saturated rings. The number of anilines is 1. The zero-order chi connectivity index (χ0) is 31.2. The van der Waals surface area contributed by atoms with Gasteiger partial charge in [-0.15, -0.1) is 0 Å². The molecular formula is C34H28Cl2N4O4. The summed E-state index contributed by atoms with van der Waals surface area (Å²) in [4.78, 5) is 43.4. The van der Waals surface area contributed by atoms with E-state index in [0.29, 0.717) is 27.7 Å². The Morgan fingerprint density at radius 3 is 2.55 bits per heavy atom. The van der Waals surface area contributed by atoms with Crippen LogP contribution >= 0.6 is 23.2 Å². The van der Waals surface area contributed by atoms with E-state index < -0.39 is 5.91 Å². The molecule has 8 nitrogen and oxygen atoms in total. The van der Waals surface area contributed by atoms with Crippen LogP contribution in [0.5, 0.6) is 5.75 Å². The maximum atomic E-state index is 13.0. The monoisotopic (exact) mass is 626 g/mol. The van der Waals surface area contributed by atoms with E-state index >= 15 is 0 Å². The normalized spacial score (nSPS) is 11.1. The molecule has 1 N–H and O–H groups in total. The number of aromatic nitrogens is 2. The number of ether oxygens (including phenoxy) is 1. The van der Waals surface area contributed by atoms with Crippen LogP contribution in [0.15, 0.2) is 102 Å². The lowest BCUT2D eigenvalue weighted by Gasteiger charge is -2.21. The summed E-state index contributed by atoms with van der Waals surface area (Å²) >= 11 is 13.2. The summed E-state index contributed by atoms with van der Waals surface area (Å²) in [5.41, 5.74) is 3.87. The SMILES string of the molecule is Cc1ccc2cccc(OCc3c(Cl)ccc(N(C)C(=O)CNC(=O)C=Cc4ccc(-n5ccccc5=O)cc4)c3Cl)c2n1. The van der Waals surface area contributed by atoms with Gasteiger partial charge in [0.25, 0.3) is 5.56 Å². The molecule has 0 aliphatic heterocycles. The van der Waals surface area contributed by atoms with Crippen molar-refractivity contribution in [2.75, 3.05) is 18.5 Å². The molecule has 5 aromatic rings. The number of para-hydroxylation sites is 1. The van der Waals surface area contributed by atoms with E-state index in [-0.39, 0.29) is 29.6 Å². The fourth-order valence-electron chi connectivity index (χ4n) is 4.49. The second kappa shape index (κ2) is 13.6. The minimum Gasteiger partial charge on any atom is -0.487 e. The second-order valence-electron chi connectivity index (χ2n) is 9.93. The molecule has 0 spiro atoms. The number of amides is 2. The number of benzene rings is 3. The van der Waals surface area contributed by atoms with Crippen molar-refractivity contribution in [1.29, 1.82) is 0 Å². The van der Waals surface area contributed by atoms with Gasteiger partial charge >= 0.3 is 0 Å². The third-order valence-corrected chi connectivity index (χ3v) is 7.71. The van der Waals surface area contributed by atoms with E-state index in [4.69, 9.17) is 27.9 Å². The van der Waals surface area contributed by atoms with Crippen molar-refractivity contribution < 1.29 is 14.3 Å². The zero-order valence-corrected chi connectivity index (χ0v) is 25.5. The van der Waals surface area contributed by atoms with Gasteiger partial charge in [0.2, 0.25) is 11.8 Å². The van der Waals surface area contributed by atoms with E-state index in [1.165, 1.54) is 21.6 Å². The number of halogens is 2. The smallest absolute Gasteiger partial charge is 0.255 e. The molecule has 0 radical (unpaired) electrons. The molecule has 2 aromatic heterocycles. The van der Waals surface area contributed by atoms with E-state index in [1.807, 2.05) is 37.3 Å². The topological polar surface area (TPSA) is 93.5 Å². The molecule has 0 saturated heterocycles. The van der Waals surface area contributed by atoms with E-state index in [1.54, 1.807) is 67.9 Å². The first-order valence-corrected chi connectivity index (χ1v) is 14.4. The number of hydrogen-bond donors (Lipinski definition) is 1. The van der Waals surface area contributed by atoms with Gasteiger partial charge < -0.3 is 15.0 Å². The number of nitrogens with one attached hydrogen (secondary N) is 1. The van der Waals surface area contributed by atoms with Crippen LogP contribution in [0.1, 0.15) is 16.8 Å². The summed E-state index contributed by atoms with van der Waals surface area (Å²) in [5, 5.41) is 4.21. The highest BCUT2D eigenvalue weighted by atomic mass is 35.5.